The molecule has 0 unspecified atom stereocenters. The molecule has 0 N–H and O–H groups in total. The number of ketones is 1. The number of nitrogens with zero attached hydrogens (tertiary/aromatic N) is 2. The maximum Gasteiger partial charge on any atom is 0.358 e. The fourth-order valence-corrected chi connectivity index (χ4v) is 1.96. The summed E-state index contributed by atoms with van der Waals surface area (Å²) in [4.78, 5) is 26.9. The maximum atomic E-state index is 11.5. The van der Waals surface area contributed by atoms with Crippen LogP contribution in [-0.4, -0.2) is 23.3 Å². The Hall–Kier alpha value is -1.74. The lowest BCUT2D eigenvalue weighted by Gasteiger charge is -1.98. The van der Waals surface area contributed by atoms with Crippen molar-refractivity contribution in [2.75, 3.05) is 6.61 Å². The van der Waals surface area contributed by atoms with E-state index in [0.29, 0.717) is 5.01 Å². The highest BCUT2D eigenvalue weighted by Crippen LogP contribution is 2.20. The zero-order valence-electron chi connectivity index (χ0n) is 8.94. The number of ether oxygens (including phenoxy) is 1. The van der Waals surface area contributed by atoms with Crippen LogP contribution in [0, 0.1) is 11.3 Å². The molecule has 1 heterocycles. The van der Waals surface area contributed by atoms with E-state index in [1.807, 2.05) is 6.07 Å². The highest BCUT2D eigenvalue weighted by Gasteiger charge is 2.21. The van der Waals surface area contributed by atoms with Gasteiger partial charge in [-0.3, -0.25) is 4.79 Å². The van der Waals surface area contributed by atoms with Crippen molar-refractivity contribution in [3.63, 3.8) is 0 Å². The molecule has 0 aliphatic heterocycles. The first-order valence-electron chi connectivity index (χ1n) is 4.64. The van der Waals surface area contributed by atoms with E-state index in [-0.39, 0.29) is 29.4 Å². The van der Waals surface area contributed by atoms with E-state index < -0.39 is 5.97 Å². The molecule has 1 aromatic rings. The Kier molecular flexibility index (Phi) is 4.14. The summed E-state index contributed by atoms with van der Waals surface area (Å²) in [6.45, 7) is 3.25. The van der Waals surface area contributed by atoms with Crippen molar-refractivity contribution in [1.29, 1.82) is 5.26 Å². The molecule has 0 saturated heterocycles. The third-order valence-corrected chi connectivity index (χ3v) is 2.85. The summed E-state index contributed by atoms with van der Waals surface area (Å²) in [6, 6.07) is 1.92. The van der Waals surface area contributed by atoms with Gasteiger partial charge in [0.1, 0.15) is 9.88 Å². The Bertz CT molecular complexity index is 459. The van der Waals surface area contributed by atoms with Gasteiger partial charge in [-0.05, 0) is 6.92 Å². The van der Waals surface area contributed by atoms with E-state index in [2.05, 4.69) is 4.98 Å². The number of carbonyl (C=O) groups is 2. The molecule has 0 bridgehead atoms. The lowest BCUT2D eigenvalue weighted by atomic mass is 10.3. The van der Waals surface area contributed by atoms with Gasteiger partial charge in [-0.1, -0.05) is 0 Å². The standard InChI is InChI=1S/C10H10N2O3S/c1-3-15-10(14)8-9(6(2)13)16-7(12-8)4-5-11/h3-4H2,1-2H3. The molecule has 1 aromatic heterocycles. The van der Waals surface area contributed by atoms with E-state index in [1.54, 1.807) is 6.92 Å². The number of Topliss-reactive ketones (excluding diaryl/α,β-unsaturated/α-hetero) is 1. The number of thiazole rings is 1. The van der Waals surface area contributed by atoms with Crippen molar-refractivity contribution >= 4 is 23.1 Å². The summed E-state index contributed by atoms with van der Waals surface area (Å²) in [5.74, 6) is -0.863. The molecule has 0 spiro atoms. The second kappa shape index (κ2) is 5.37. The molecule has 0 radical (unpaired) electrons. The van der Waals surface area contributed by atoms with Gasteiger partial charge in [-0.15, -0.1) is 11.3 Å². The van der Waals surface area contributed by atoms with Crippen LogP contribution >= 0.6 is 11.3 Å². The zero-order valence-corrected chi connectivity index (χ0v) is 9.76. The largest absolute Gasteiger partial charge is 0.461 e. The predicted molar refractivity (Wildman–Crippen MR) is 57.4 cm³/mol. The summed E-state index contributed by atoms with van der Waals surface area (Å²) < 4.78 is 4.78. The number of esters is 1. The minimum atomic E-state index is -0.617. The molecular formula is C10H10N2O3S. The number of nitriles is 1. The summed E-state index contributed by atoms with van der Waals surface area (Å²) in [6.07, 6.45) is 0.0877. The Morgan fingerprint density at radius 3 is 2.75 bits per heavy atom. The lowest BCUT2D eigenvalue weighted by Crippen LogP contribution is -2.09. The van der Waals surface area contributed by atoms with Crippen LogP contribution < -0.4 is 0 Å². The maximum absolute atomic E-state index is 11.5. The van der Waals surface area contributed by atoms with Crippen LogP contribution in [0.1, 0.15) is 39.0 Å². The monoisotopic (exact) mass is 238 g/mol. The van der Waals surface area contributed by atoms with Gasteiger partial charge >= 0.3 is 5.97 Å². The highest BCUT2D eigenvalue weighted by molar-refractivity contribution is 7.14. The molecule has 1 rings (SSSR count). The van der Waals surface area contributed by atoms with Crippen LogP contribution in [-0.2, 0) is 11.2 Å². The average Bonchev–Trinajstić information content (AvgIpc) is 2.63. The molecule has 0 aliphatic rings. The minimum absolute atomic E-state index is 0.0181. The van der Waals surface area contributed by atoms with Gasteiger partial charge in [0.2, 0.25) is 0 Å². The van der Waals surface area contributed by atoms with Gasteiger partial charge in [-0.25, -0.2) is 9.78 Å². The van der Waals surface area contributed by atoms with Gasteiger partial charge in [-0.2, -0.15) is 5.26 Å². The first kappa shape index (κ1) is 12.3. The second-order valence-corrected chi connectivity index (χ2v) is 3.98. The van der Waals surface area contributed by atoms with Gasteiger partial charge in [0.25, 0.3) is 0 Å². The number of hydrogen-bond donors (Lipinski definition) is 0. The van der Waals surface area contributed by atoms with Gasteiger partial charge in [0.05, 0.1) is 19.1 Å². The Morgan fingerprint density at radius 2 is 2.25 bits per heavy atom. The van der Waals surface area contributed by atoms with Crippen LogP contribution in [0.5, 0.6) is 0 Å². The SMILES string of the molecule is CCOC(=O)c1nc(CC#N)sc1C(C)=O. The van der Waals surface area contributed by atoms with Gasteiger partial charge < -0.3 is 4.74 Å². The molecule has 0 fully saturated rings. The van der Waals surface area contributed by atoms with Crippen molar-refractivity contribution in [3.8, 4) is 6.07 Å². The molecule has 0 saturated carbocycles. The van der Waals surface area contributed by atoms with Gasteiger partial charge in [0, 0.05) is 6.92 Å². The van der Waals surface area contributed by atoms with Crippen molar-refractivity contribution in [2.24, 2.45) is 0 Å². The van der Waals surface area contributed by atoms with Crippen LogP contribution in [0.15, 0.2) is 0 Å². The smallest absolute Gasteiger partial charge is 0.358 e. The molecule has 5 nitrogen and oxygen atoms in total. The summed E-state index contributed by atoms with van der Waals surface area (Å²) >= 11 is 1.06. The minimum Gasteiger partial charge on any atom is -0.461 e. The molecule has 0 aliphatic carbocycles. The number of aromatic nitrogens is 1. The highest BCUT2D eigenvalue weighted by atomic mass is 32.1. The number of rotatable bonds is 4. The second-order valence-electron chi connectivity index (χ2n) is 2.90. The Balaban J connectivity index is 3.10. The fraction of sp³-hybridized carbons (Fsp3) is 0.400. The van der Waals surface area contributed by atoms with E-state index in [1.165, 1.54) is 6.92 Å². The molecule has 0 aromatic carbocycles. The quantitative estimate of drug-likeness (QED) is 0.587. The average molecular weight is 238 g/mol. The summed E-state index contributed by atoms with van der Waals surface area (Å²) in [7, 11) is 0. The van der Waals surface area contributed by atoms with Crippen LogP contribution in [0.3, 0.4) is 0 Å². The third-order valence-electron chi connectivity index (χ3n) is 1.69. The Labute approximate surface area is 96.7 Å². The zero-order chi connectivity index (χ0) is 12.1. The molecule has 0 atom stereocenters. The first-order chi connectivity index (χ1) is 7.60. The molecule has 16 heavy (non-hydrogen) atoms. The normalized spacial score (nSPS) is 9.56. The lowest BCUT2D eigenvalue weighted by molar-refractivity contribution is 0.0517. The van der Waals surface area contributed by atoms with E-state index in [9.17, 15) is 9.59 Å². The number of carbonyl (C=O) groups excluding carboxylic acids is 2. The summed E-state index contributed by atoms with van der Waals surface area (Å²) in [5.41, 5.74) is 0.0181. The molecule has 84 valence electrons. The molecular weight excluding hydrogens is 228 g/mol. The topological polar surface area (TPSA) is 80.0 Å². The van der Waals surface area contributed by atoms with E-state index in [4.69, 9.17) is 10.00 Å². The predicted octanol–water partition coefficient (Wildman–Crippen LogP) is 1.59. The van der Waals surface area contributed by atoms with Crippen molar-refractivity contribution in [3.05, 3.63) is 15.6 Å². The van der Waals surface area contributed by atoms with Crippen LogP contribution in [0.25, 0.3) is 0 Å². The first-order valence-corrected chi connectivity index (χ1v) is 5.46. The number of hydrogen-bond acceptors (Lipinski definition) is 6. The summed E-state index contributed by atoms with van der Waals surface area (Å²) in [5, 5.41) is 8.97. The molecule has 0 amide bonds. The van der Waals surface area contributed by atoms with Crippen molar-refractivity contribution < 1.29 is 14.3 Å². The van der Waals surface area contributed by atoms with E-state index in [0.717, 1.165) is 11.3 Å². The van der Waals surface area contributed by atoms with Crippen molar-refractivity contribution in [1.82, 2.24) is 4.98 Å². The van der Waals surface area contributed by atoms with E-state index >= 15 is 0 Å². The fourth-order valence-electron chi connectivity index (χ4n) is 1.08. The van der Waals surface area contributed by atoms with Crippen molar-refractivity contribution in [2.45, 2.75) is 20.3 Å². The third kappa shape index (κ3) is 2.64. The van der Waals surface area contributed by atoms with Crippen LogP contribution in [0.2, 0.25) is 0 Å². The molecule has 6 heteroatoms. The van der Waals surface area contributed by atoms with Gasteiger partial charge in [0.15, 0.2) is 11.5 Å². The Morgan fingerprint density at radius 1 is 1.56 bits per heavy atom. The van der Waals surface area contributed by atoms with Crippen LogP contribution in [0.4, 0.5) is 0 Å².